The lowest BCUT2D eigenvalue weighted by atomic mass is 10.1. The predicted octanol–water partition coefficient (Wildman–Crippen LogP) is 2.64. The van der Waals surface area contributed by atoms with E-state index in [4.69, 9.17) is 11.6 Å². The molecule has 0 atom stereocenters. The molecule has 0 spiro atoms. The van der Waals surface area contributed by atoms with Crippen molar-refractivity contribution in [3.05, 3.63) is 28.5 Å². The molecule has 0 aliphatic heterocycles. The molecule has 0 aromatic carbocycles. The van der Waals surface area contributed by atoms with Gasteiger partial charge in [0.1, 0.15) is 5.15 Å². The Morgan fingerprint density at radius 1 is 1.67 bits per heavy atom. The lowest BCUT2D eigenvalue weighted by Crippen LogP contribution is -1.98. The van der Waals surface area contributed by atoms with Crippen molar-refractivity contribution in [3.8, 4) is 0 Å². The smallest absolute Gasteiger partial charge is 0.164 e. The fraction of sp³-hybridized carbons (Fsp3) is 0.333. The maximum atomic E-state index is 11.2. The molecule has 0 saturated heterocycles. The van der Waals surface area contributed by atoms with E-state index in [2.05, 4.69) is 4.98 Å². The topological polar surface area (TPSA) is 30.0 Å². The fourth-order valence-electron chi connectivity index (χ4n) is 0.915. The van der Waals surface area contributed by atoms with E-state index in [0.29, 0.717) is 17.1 Å². The Hall–Kier alpha value is -0.890. The van der Waals surface area contributed by atoms with Crippen molar-refractivity contribution in [2.75, 3.05) is 0 Å². The molecule has 1 aromatic heterocycles. The highest BCUT2D eigenvalue weighted by atomic mass is 35.5. The minimum atomic E-state index is 0.0993. The SMILES string of the molecule is CCC(=O)c1cnc(Cl)c(C)c1. The average molecular weight is 184 g/mol. The number of nitrogens with zero attached hydrogens (tertiary/aromatic N) is 1. The van der Waals surface area contributed by atoms with E-state index >= 15 is 0 Å². The maximum absolute atomic E-state index is 11.2. The first kappa shape index (κ1) is 9.20. The van der Waals surface area contributed by atoms with Crippen LogP contribution >= 0.6 is 11.6 Å². The van der Waals surface area contributed by atoms with Gasteiger partial charge in [0.25, 0.3) is 0 Å². The summed E-state index contributed by atoms with van der Waals surface area (Å²) in [7, 11) is 0. The third-order valence-electron chi connectivity index (χ3n) is 1.66. The highest BCUT2D eigenvalue weighted by molar-refractivity contribution is 6.30. The lowest BCUT2D eigenvalue weighted by molar-refractivity contribution is 0.0987. The van der Waals surface area contributed by atoms with Crippen LogP contribution in [0.3, 0.4) is 0 Å². The Balaban J connectivity index is 3.05. The van der Waals surface area contributed by atoms with Crippen LogP contribution in [0.2, 0.25) is 5.15 Å². The van der Waals surface area contributed by atoms with Gasteiger partial charge in [-0.25, -0.2) is 4.98 Å². The van der Waals surface area contributed by atoms with E-state index in [-0.39, 0.29) is 5.78 Å². The first-order valence-corrected chi connectivity index (χ1v) is 4.18. The highest BCUT2D eigenvalue weighted by Gasteiger charge is 2.04. The Kier molecular flexibility index (Phi) is 2.82. The Morgan fingerprint density at radius 3 is 2.83 bits per heavy atom. The highest BCUT2D eigenvalue weighted by Crippen LogP contribution is 2.13. The van der Waals surface area contributed by atoms with Crippen molar-refractivity contribution in [2.24, 2.45) is 0 Å². The molecule has 1 rings (SSSR count). The second-order valence-electron chi connectivity index (χ2n) is 2.61. The lowest BCUT2D eigenvalue weighted by Gasteiger charge is -1.99. The molecule has 3 heteroatoms. The number of Topliss-reactive ketones (excluding diaryl/α,β-unsaturated/α-hetero) is 1. The molecule has 0 bridgehead atoms. The molecule has 1 heterocycles. The molecule has 12 heavy (non-hydrogen) atoms. The second kappa shape index (κ2) is 3.68. The van der Waals surface area contributed by atoms with E-state index in [1.54, 1.807) is 6.07 Å². The molecule has 0 amide bonds. The van der Waals surface area contributed by atoms with Gasteiger partial charge in [0.15, 0.2) is 5.78 Å². The van der Waals surface area contributed by atoms with E-state index in [9.17, 15) is 4.79 Å². The summed E-state index contributed by atoms with van der Waals surface area (Å²) in [6, 6.07) is 1.77. The molecule has 0 N–H and O–H groups in total. The minimum absolute atomic E-state index is 0.0993. The normalized spacial score (nSPS) is 9.92. The van der Waals surface area contributed by atoms with E-state index in [0.717, 1.165) is 5.56 Å². The first-order chi connectivity index (χ1) is 5.65. The van der Waals surface area contributed by atoms with Crippen LogP contribution in [0.25, 0.3) is 0 Å². The van der Waals surface area contributed by atoms with Crippen molar-refractivity contribution in [3.63, 3.8) is 0 Å². The van der Waals surface area contributed by atoms with E-state index in [1.807, 2.05) is 13.8 Å². The van der Waals surface area contributed by atoms with Crippen LogP contribution in [0.4, 0.5) is 0 Å². The van der Waals surface area contributed by atoms with Crippen molar-refractivity contribution in [1.82, 2.24) is 4.98 Å². The van der Waals surface area contributed by atoms with Crippen LogP contribution in [0.5, 0.6) is 0 Å². The monoisotopic (exact) mass is 183 g/mol. The third kappa shape index (κ3) is 1.83. The standard InChI is InChI=1S/C9H10ClNO/c1-3-8(12)7-4-6(2)9(10)11-5-7/h4-5H,3H2,1-2H3. The summed E-state index contributed by atoms with van der Waals surface area (Å²) in [5.74, 6) is 0.0993. The molecule has 0 aliphatic rings. The first-order valence-electron chi connectivity index (χ1n) is 3.80. The Morgan fingerprint density at radius 2 is 2.33 bits per heavy atom. The number of rotatable bonds is 2. The zero-order valence-corrected chi connectivity index (χ0v) is 7.85. The molecular formula is C9H10ClNO. The van der Waals surface area contributed by atoms with Gasteiger partial charge < -0.3 is 0 Å². The molecule has 0 fully saturated rings. The molecule has 64 valence electrons. The molecule has 0 saturated carbocycles. The number of carbonyl (C=O) groups is 1. The summed E-state index contributed by atoms with van der Waals surface area (Å²) in [4.78, 5) is 15.1. The number of aryl methyl sites for hydroxylation is 1. The minimum Gasteiger partial charge on any atom is -0.294 e. The Labute approximate surface area is 76.6 Å². The van der Waals surface area contributed by atoms with Gasteiger partial charge in [0, 0.05) is 18.2 Å². The molecule has 0 radical (unpaired) electrons. The van der Waals surface area contributed by atoms with Gasteiger partial charge in [0.2, 0.25) is 0 Å². The number of carbonyl (C=O) groups excluding carboxylic acids is 1. The maximum Gasteiger partial charge on any atom is 0.164 e. The molecule has 0 aliphatic carbocycles. The molecule has 1 aromatic rings. The van der Waals surface area contributed by atoms with Gasteiger partial charge >= 0.3 is 0 Å². The summed E-state index contributed by atoms with van der Waals surface area (Å²) in [6.45, 7) is 3.66. The zero-order chi connectivity index (χ0) is 9.14. The number of ketones is 1. The van der Waals surface area contributed by atoms with Crippen LogP contribution in [-0.4, -0.2) is 10.8 Å². The van der Waals surface area contributed by atoms with Gasteiger partial charge in [-0.05, 0) is 18.6 Å². The van der Waals surface area contributed by atoms with Gasteiger partial charge in [-0.3, -0.25) is 4.79 Å². The largest absolute Gasteiger partial charge is 0.294 e. The summed E-state index contributed by atoms with van der Waals surface area (Å²) in [5, 5.41) is 0.461. The molecule has 0 unspecified atom stereocenters. The van der Waals surface area contributed by atoms with Crippen LogP contribution in [0.1, 0.15) is 29.3 Å². The predicted molar refractivity (Wildman–Crippen MR) is 48.6 cm³/mol. The van der Waals surface area contributed by atoms with E-state index < -0.39 is 0 Å². The van der Waals surface area contributed by atoms with Crippen molar-refractivity contribution in [2.45, 2.75) is 20.3 Å². The number of halogens is 1. The van der Waals surface area contributed by atoms with Crippen LogP contribution in [0.15, 0.2) is 12.3 Å². The number of pyridine rings is 1. The fourth-order valence-corrected chi connectivity index (χ4v) is 1.02. The number of aromatic nitrogens is 1. The van der Waals surface area contributed by atoms with Crippen molar-refractivity contribution >= 4 is 17.4 Å². The number of hydrogen-bond donors (Lipinski definition) is 0. The van der Waals surface area contributed by atoms with Gasteiger partial charge in [-0.1, -0.05) is 18.5 Å². The van der Waals surface area contributed by atoms with Gasteiger partial charge in [-0.2, -0.15) is 0 Å². The number of hydrogen-bond acceptors (Lipinski definition) is 2. The molecule has 2 nitrogen and oxygen atoms in total. The van der Waals surface area contributed by atoms with Crippen molar-refractivity contribution in [1.29, 1.82) is 0 Å². The van der Waals surface area contributed by atoms with Crippen LogP contribution in [0, 0.1) is 6.92 Å². The average Bonchev–Trinajstić information content (AvgIpc) is 2.08. The summed E-state index contributed by atoms with van der Waals surface area (Å²) < 4.78 is 0. The van der Waals surface area contributed by atoms with Gasteiger partial charge in [-0.15, -0.1) is 0 Å². The summed E-state index contributed by atoms with van der Waals surface area (Å²) in [6.07, 6.45) is 2.02. The van der Waals surface area contributed by atoms with Crippen LogP contribution in [-0.2, 0) is 0 Å². The second-order valence-corrected chi connectivity index (χ2v) is 2.97. The van der Waals surface area contributed by atoms with Gasteiger partial charge in [0.05, 0.1) is 0 Å². The molecular weight excluding hydrogens is 174 g/mol. The Bertz CT molecular complexity index is 309. The third-order valence-corrected chi connectivity index (χ3v) is 2.05. The van der Waals surface area contributed by atoms with Crippen LogP contribution < -0.4 is 0 Å². The quantitative estimate of drug-likeness (QED) is 0.521. The summed E-state index contributed by atoms with van der Waals surface area (Å²) in [5.41, 5.74) is 1.48. The zero-order valence-electron chi connectivity index (χ0n) is 7.10. The summed E-state index contributed by atoms with van der Waals surface area (Å²) >= 11 is 5.71. The van der Waals surface area contributed by atoms with E-state index in [1.165, 1.54) is 6.20 Å². The van der Waals surface area contributed by atoms with Crippen molar-refractivity contribution < 1.29 is 4.79 Å².